The highest BCUT2D eigenvalue weighted by molar-refractivity contribution is 7.92. The summed E-state index contributed by atoms with van der Waals surface area (Å²) in [6.45, 7) is 8.23. The number of aliphatic hydroxyl groups excluding tert-OH is 1. The SMILES string of the molecule is CC(C)CC(=O)N(NC(=O)CNCc1ccccc1)[C@@H](Cc1ccccc1)[C@H](O)CNC(C(C)C)S(=O)(=O)c1ccc2c(c1)CCO2. The number of hydrazine groups is 1. The lowest BCUT2D eigenvalue weighted by Gasteiger charge is -2.36. The second-order valence-corrected chi connectivity index (χ2v) is 14.9. The first-order valence-corrected chi connectivity index (χ1v) is 17.8. The summed E-state index contributed by atoms with van der Waals surface area (Å²) in [5.41, 5.74) is 5.48. The number of hydrogen-bond donors (Lipinski definition) is 4. The van der Waals surface area contributed by atoms with Gasteiger partial charge in [0.1, 0.15) is 11.1 Å². The zero-order valence-corrected chi connectivity index (χ0v) is 28.5. The lowest BCUT2D eigenvalue weighted by Crippen LogP contribution is -2.60. The fourth-order valence-electron chi connectivity index (χ4n) is 5.69. The lowest BCUT2D eigenvalue weighted by atomic mass is 9.99. The highest BCUT2D eigenvalue weighted by Gasteiger charge is 2.35. The van der Waals surface area contributed by atoms with E-state index in [2.05, 4.69) is 16.1 Å². The highest BCUT2D eigenvalue weighted by atomic mass is 32.2. The molecule has 0 spiro atoms. The van der Waals surface area contributed by atoms with Gasteiger partial charge in [0.15, 0.2) is 9.84 Å². The normalized spacial score (nSPS) is 14.7. The van der Waals surface area contributed by atoms with Crippen LogP contribution in [0.15, 0.2) is 83.8 Å². The van der Waals surface area contributed by atoms with E-state index in [0.717, 1.165) is 16.7 Å². The summed E-state index contributed by atoms with van der Waals surface area (Å²) in [5.74, 6) is -0.415. The van der Waals surface area contributed by atoms with Crippen LogP contribution < -0.4 is 20.8 Å². The van der Waals surface area contributed by atoms with Crippen molar-refractivity contribution >= 4 is 21.7 Å². The summed E-state index contributed by atoms with van der Waals surface area (Å²) < 4.78 is 33.2. The van der Waals surface area contributed by atoms with Gasteiger partial charge in [0, 0.05) is 25.9 Å². The summed E-state index contributed by atoms with van der Waals surface area (Å²) in [5, 5.41) is 18.2. The molecule has 11 heteroatoms. The van der Waals surface area contributed by atoms with E-state index >= 15 is 0 Å². The summed E-state index contributed by atoms with van der Waals surface area (Å²) >= 11 is 0. The van der Waals surface area contributed by atoms with E-state index < -0.39 is 33.3 Å². The predicted octanol–water partition coefficient (Wildman–Crippen LogP) is 3.63. The number of ether oxygens (including phenoxy) is 1. The van der Waals surface area contributed by atoms with Gasteiger partial charge in [0.25, 0.3) is 5.91 Å². The largest absolute Gasteiger partial charge is 0.493 e. The van der Waals surface area contributed by atoms with Crippen LogP contribution in [0.1, 0.15) is 50.8 Å². The van der Waals surface area contributed by atoms with Gasteiger partial charge in [-0.25, -0.2) is 13.4 Å². The number of rotatable bonds is 16. The topological polar surface area (TPSA) is 137 Å². The van der Waals surface area contributed by atoms with E-state index in [-0.39, 0.29) is 48.6 Å². The van der Waals surface area contributed by atoms with Crippen LogP contribution in [0.25, 0.3) is 0 Å². The molecule has 47 heavy (non-hydrogen) atoms. The van der Waals surface area contributed by atoms with Crippen LogP contribution in [-0.2, 0) is 38.8 Å². The van der Waals surface area contributed by atoms with Crippen LogP contribution >= 0.6 is 0 Å². The third-order valence-corrected chi connectivity index (χ3v) is 10.4. The molecule has 0 radical (unpaired) electrons. The fraction of sp³-hybridized carbons (Fsp3) is 0.444. The second kappa shape index (κ2) is 16.9. The molecule has 1 aliphatic rings. The van der Waals surface area contributed by atoms with Gasteiger partial charge in [-0.05, 0) is 53.1 Å². The lowest BCUT2D eigenvalue weighted by molar-refractivity contribution is -0.148. The Bertz CT molecular complexity index is 1570. The third kappa shape index (κ3) is 10.1. The molecule has 2 amide bonds. The average molecular weight is 665 g/mol. The number of sulfone groups is 1. The van der Waals surface area contributed by atoms with Crippen LogP contribution in [0.3, 0.4) is 0 Å². The second-order valence-electron chi connectivity index (χ2n) is 12.8. The number of benzene rings is 3. The number of nitrogens with zero attached hydrogens (tertiary/aromatic N) is 1. The van der Waals surface area contributed by atoms with Crippen LogP contribution in [0, 0.1) is 11.8 Å². The van der Waals surface area contributed by atoms with Gasteiger partial charge in [-0.2, -0.15) is 0 Å². The number of nitrogens with one attached hydrogen (secondary N) is 3. The summed E-state index contributed by atoms with van der Waals surface area (Å²) in [6, 6.07) is 23.1. The molecule has 1 unspecified atom stereocenters. The molecule has 4 rings (SSSR count). The number of fused-ring (bicyclic) bond motifs is 1. The Morgan fingerprint density at radius 2 is 1.60 bits per heavy atom. The number of carbonyl (C=O) groups is 2. The van der Waals surface area contributed by atoms with Crippen molar-refractivity contribution in [2.45, 2.75) is 75.9 Å². The maximum atomic E-state index is 13.8. The van der Waals surface area contributed by atoms with E-state index in [1.807, 2.05) is 74.5 Å². The molecule has 3 aromatic rings. The Balaban J connectivity index is 1.55. The van der Waals surface area contributed by atoms with Crippen molar-refractivity contribution < 1.29 is 27.9 Å². The number of amides is 2. The highest BCUT2D eigenvalue weighted by Crippen LogP contribution is 2.30. The molecule has 10 nitrogen and oxygen atoms in total. The molecule has 0 saturated carbocycles. The third-order valence-electron chi connectivity index (χ3n) is 8.08. The van der Waals surface area contributed by atoms with Crippen molar-refractivity contribution in [2.24, 2.45) is 11.8 Å². The first kappa shape index (κ1) is 36.1. The van der Waals surface area contributed by atoms with Gasteiger partial charge in [0.05, 0.1) is 30.2 Å². The molecular formula is C36H48N4O6S. The van der Waals surface area contributed by atoms with Crippen molar-refractivity contribution in [3.8, 4) is 5.75 Å². The number of carbonyl (C=O) groups excluding carboxylic acids is 2. The van der Waals surface area contributed by atoms with Crippen molar-refractivity contribution in [3.05, 3.63) is 95.6 Å². The van der Waals surface area contributed by atoms with E-state index in [1.54, 1.807) is 32.0 Å². The Labute approximate surface area is 278 Å². The van der Waals surface area contributed by atoms with Gasteiger partial charge in [-0.3, -0.25) is 20.3 Å². The Kier molecular flexibility index (Phi) is 12.9. The van der Waals surface area contributed by atoms with Crippen molar-refractivity contribution in [3.63, 3.8) is 0 Å². The minimum absolute atomic E-state index is 0.000985. The molecule has 254 valence electrons. The molecule has 0 fully saturated rings. The molecule has 4 N–H and O–H groups in total. The maximum Gasteiger partial charge on any atom is 0.252 e. The number of hydrogen-bond acceptors (Lipinski definition) is 8. The minimum atomic E-state index is -3.84. The molecule has 0 saturated heterocycles. The van der Waals surface area contributed by atoms with E-state index in [4.69, 9.17) is 4.74 Å². The molecular weight excluding hydrogens is 616 g/mol. The predicted molar refractivity (Wildman–Crippen MR) is 182 cm³/mol. The van der Waals surface area contributed by atoms with E-state index in [9.17, 15) is 23.1 Å². The molecule has 1 aliphatic heterocycles. The van der Waals surface area contributed by atoms with Crippen LogP contribution in [0.5, 0.6) is 5.75 Å². The molecule has 0 aromatic heterocycles. The van der Waals surface area contributed by atoms with Gasteiger partial charge in [-0.1, -0.05) is 88.4 Å². The van der Waals surface area contributed by atoms with Crippen molar-refractivity contribution in [2.75, 3.05) is 19.7 Å². The zero-order valence-electron chi connectivity index (χ0n) is 27.7. The first-order valence-electron chi connectivity index (χ1n) is 16.3. The van der Waals surface area contributed by atoms with Crippen LogP contribution in [0.2, 0.25) is 0 Å². The Hall–Kier alpha value is -3.77. The molecule has 1 heterocycles. The number of aliphatic hydroxyl groups is 1. The van der Waals surface area contributed by atoms with E-state index in [0.29, 0.717) is 25.3 Å². The van der Waals surface area contributed by atoms with Crippen LogP contribution in [0.4, 0.5) is 0 Å². The van der Waals surface area contributed by atoms with Gasteiger partial charge in [0.2, 0.25) is 5.91 Å². The molecule has 3 aromatic carbocycles. The van der Waals surface area contributed by atoms with Crippen LogP contribution in [-0.4, -0.2) is 67.6 Å². The van der Waals surface area contributed by atoms with Gasteiger partial charge in [-0.15, -0.1) is 0 Å². The van der Waals surface area contributed by atoms with Crippen molar-refractivity contribution in [1.29, 1.82) is 0 Å². The average Bonchev–Trinajstić information content (AvgIpc) is 3.51. The van der Waals surface area contributed by atoms with Gasteiger partial charge >= 0.3 is 0 Å². The molecule has 3 atom stereocenters. The summed E-state index contributed by atoms with van der Waals surface area (Å²) in [4.78, 5) is 27.0. The Morgan fingerprint density at radius 1 is 0.936 bits per heavy atom. The zero-order chi connectivity index (χ0) is 34.0. The minimum Gasteiger partial charge on any atom is -0.493 e. The summed E-state index contributed by atoms with van der Waals surface area (Å²) in [6.07, 6.45) is -0.205. The van der Waals surface area contributed by atoms with Gasteiger partial charge < -0.3 is 15.2 Å². The molecule has 0 bridgehead atoms. The van der Waals surface area contributed by atoms with E-state index in [1.165, 1.54) is 5.01 Å². The fourth-order valence-corrected chi connectivity index (χ4v) is 7.58. The first-order chi connectivity index (χ1) is 22.5. The maximum absolute atomic E-state index is 13.8. The monoisotopic (exact) mass is 664 g/mol. The molecule has 0 aliphatic carbocycles. The smallest absolute Gasteiger partial charge is 0.252 e. The standard InChI is InChI=1S/C36H48N4O6S/c1-25(2)19-35(43)40(39-34(42)24-37-22-28-13-9-6-10-14-28)31(20-27-11-7-5-8-12-27)32(41)23-38-36(26(3)4)47(44,45)30-15-16-33-29(21-30)17-18-46-33/h5-16,21,25-26,31-32,36-38,41H,17-20,22-24H2,1-4H3,(H,39,42)/t31-,32+,36?/m0/s1. The Morgan fingerprint density at radius 3 is 2.23 bits per heavy atom. The van der Waals surface area contributed by atoms with Crippen molar-refractivity contribution in [1.82, 2.24) is 21.1 Å². The quantitative estimate of drug-likeness (QED) is 0.171. The summed E-state index contributed by atoms with van der Waals surface area (Å²) in [7, 11) is -3.84.